The number of carbonyl (C=O) groups excluding carboxylic acids is 1. The van der Waals surface area contributed by atoms with Crippen molar-refractivity contribution in [2.24, 2.45) is 0 Å². The third-order valence-electron chi connectivity index (χ3n) is 2.26. The van der Waals surface area contributed by atoms with Crippen molar-refractivity contribution < 1.29 is 4.79 Å². The Morgan fingerprint density at radius 3 is 2.65 bits per heavy atom. The van der Waals surface area contributed by atoms with E-state index in [1.165, 1.54) is 0 Å². The van der Waals surface area contributed by atoms with Gasteiger partial charge in [0.25, 0.3) is 5.91 Å². The summed E-state index contributed by atoms with van der Waals surface area (Å²) in [5, 5.41) is 4.73. The maximum Gasteiger partial charge on any atom is 0.252 e. The number of amides is 1. The van der Waals surface area contributed by atoms with Crippen LogP contribution in [0, 0.1) is 2.88 Å². The third kappa shape index (κ3) is 3.44. The molecule has 1 aromatic heterocycles. The number of hydrogen-bond donors (Lipinski definition) is 2. The monoisotopic (exact) mass is 358 g/mol. The van der Waals surface area contributed by atoms with Crippen LogP contribution in [0.5, 0.6) is 0 Å². The Hall–Kier alpha value is -1.08. The van der Waals surface area contributed by atoms with Crippen molar-refractivity contribution in [2.75, 3.05) is 5.73 Å². The molecule has 1 amide bonds. The molecule has 0 radical (unpaired) electrons. The van der Waals surface area contributed by atoms with Crippen molar-refractivity contribution in [3.8, 4) is 0 Å². The lowest BCUT2D eigenvalue weighted by atomic mass is 10.2. The number of rotatable bonds is 3. The average Bonchev–Trinajstić information content (AvgIpc) is 2.75. The highest BCUT2D eigenvalue weighted by Crippen LogP contribution is 2.16. The molecule has 0 atom stereocenters. The fourth-order valence-corrected chi connectivity index (χ4v) is 2.68. The summed E-state index contributed by atoms with van der Waals surface area (Å²) in [6.07, 6.45) is 0. The molecule has 0 aliphatic carbocycles. The highest BCUT2D eigenvalue weighted by atomic mass is 127. The first-order valence-corrected chi connectivity index (χ1v) is 6.97. The Kier molecular flexibility index (Phi) is 4.01. The molecular weight excluding hydrogens is 347 g/mol. The number of benzene rings is 1. The van der Waals surface area contributed by atoms with Gasteiger partial charge in [0.05, 0.1) is 8.45 Å². The van der Waals surface area contributed by atoms with Crippen LogP contribution < -0.4 is 11.1 Å². The minimum absolute atomic E-state index is 0.0407. The molecule has 2 aromatic rings. The number of nitrogen functional groups attached to an aromatic ring is 1. The van der Waals surface area contributed by atoms with Crippen LogP contribution in [-0.2, 0) is 6.54 Å². The molecule has 88 valence electrons. The van der Waals surface area contributed by atoms with E-state index < -0.39 is 0 Å². The van der Waals surface area contributed by atoms with Crippen LogP contribution in [-0.4, -0.2) is 5.91 Å². The quantitative estimate of drug-likeness (QED) is 0.655. The second-order valence-electron chi connectivity index (χ2n) is 3.56. The van der Waals surface area contributed by atoms with Crippen molar-refractivity contribution in [3.05, 3.63) is 49.7 Å². The van der Waals surface area contributed by atoms with Gasteiger partial charge in [0.1, 0.15) is 0 Å². The van der Waals surface area contributed by atoms with E-state index in [0.29, 0.717) is 6.54 Å². The van der Waals surface area contributed by atoms with Gasteiger partial charge in [-0.2, -0.15) is 0 Å². The molecule has 3 nitrogen and oxygen atoms in total. The van der Waals surface area contributed by atoms with E-state index in [2.05, 4.69) is 27.9 Å². The van der Waals surface area contributed by atoms with Gasteiger partial charge in [-0.15, -0.1) is 11.3 Å². The van der Waals surface area contributed by atoms with Gasteiger partial charge < -0.3 is 11.1 Å². The van der Waals surface area contributed by atoms with Crippen LogP contribution in [0.25, 0.3) is 0 Å². The van der Waals surface area contributed by atoms with Gasteiger partial charge in [0.2, 0.25) is 0 Å². The van der Waals surface area contributed by atoms with Crippen LogP contribution in [0.15, 0.2) is 35.7 Å². The van der Waals surface area contributed by atoms with Crippen molar-refractivity contribution in [1.29, 1.82) is 0 Å². The molecule has 2 rings (SSSR count). The van der Waals surface area contributed by atoms with E-state index in [1.54, 1.807) is 11.3 Å². The lowest BCUT2D eigenvalue weighted by Crippen LogP contribution is -2.22. The van der Waals surface area contributed by atoms with Gasteiger partial charge >= 0.3 is 0 Å². The summed E-state index contributed by atoms with van der Waals surface area (Å²) < 4.78 is 1.11. The van der Waals surface area contributed by atoms with Crippen LogP contribution in [0.2, 0.25) is 0 Å². The number of hydrogen-bond acceptors (Lipinski definition) is 3. The molecule has 0 aliphatic rings. The lowest BCUT2D eigenvalue weighted by Gasteiger charge is -2.04. The molecule has 0 bridgehead atoms. The smallest absolute Gasteiger partial charge is 0.252 e. The van der Waals surface area contributed by atoms with E-state index in [0.717, 1.165) is 19.7 Å². The van der Waals surface area contributed by atoms with E-state index in [1.807, 2.05) is 35.7 Å². The predicted octanol–water partition coefficient (Wildman–Crippen LogP) is 2.86. The number of anilines is 1. The Bertz CT molecular complexity index is 522. The molecule has 17 heavy (non-hydrogen) atoms. The summed E-state index contributed by atoms with van der Waals surface area (Å²) >= 11 is 3.77. The van der Waals surface area contributed by atoms with Crippen LogP contribution in [0.1, 0.15) is 15.9 Å². The molecule has 0 saturated carbocycles. The zero-order chi connectivity index (χ0) is 12.3. The molecule has 0 spiro atoms. The summed E-state index contributed by atoms with van der Waals surface area (Å²) in [4.78, 5) is 11.8. The SMILES string of the molecule is Nc1ccc(CNC(=O)c2csc(I)c2)cc1. The first kappa shape index (κ1) is 12.4. The molecule has 1 heterocycles. The standard InChI is InChI=1S/C12H11IN2OS/c13-11-5-9(7-17-11)12(16)15-6-8-1-3-10(14)4-2-8/h1-5,7H,6,14H2,(H,15,16). The second-order valence-corrected chi connectivity index (χ2v) is 6.37. The van der Waals surface area contributed by atoms with Crippen molar-refractivity contribution >= 4 is 45.5 Å². The van der Waals surface area contributed by atoms with Crippen molar-refractivity contribution in [1.82, 2.24) is 5.32 Å². The van der Waals surface area contributed by atoms with Gasteiger partial charge in [0.15, 0.2) is 0 Å². The largest absolute Gasteiger partial charge is 0.399 e. The number of carbonyl (C=O) groups is 1. The fraction of sp³-hybridized carbons (Fsp3) is 0.0833. The topological polar surface area (TPSA) is 55.1 Å². The Labute approximate surface area is 117 Å². The first-order valence-electron chi connectivity index (χ1n) is 5.02. The number of thiophene rings is 1. The Balaban J connectivity index is 1.94. The third-order valence-corrected chi connectivity index (χ3v) is 4.05. The molecule has 0 saturated heterocycles. The molecular formula is C12H11IN2OS. The van der Waals surface area contributed by atoms with Crippen LogP contribution in [0.4, 0.5) is 5.69 Å². The maximum atomic E-state index is 11.8. The van der Waals surface area contributed by atoms with Gasteiger partial charge in [-0.3, -0.25) is 4.79 Å². The molecule has 0 unspecified atom stereocenters. The molecule has 1 aromatic carbocycles. The highest BCUT2D eigenvalue weighted by molar-refractivity contribution is 14.1. The normalized spacial score (nSPS) is 10.2. The van der Waals surface area contributed by atoms with Crippen LogP contribution in [0.3, 0.4) is 0 Å². The zero-order valence-corrected chi connectivity index (χ0v) is 11.9. The maximum absolute atomic E-state index is 11.8. The summed E-state index contributed by atoms with van der Waals surface area (Å²) in [5.74, 6) is -0.0407. The summed E-state index contributed by atoms with van der Waals surface area (Å²) in [6, 6.07) is 9.35. The summed E-state index contributed by atoms with van der Waals surface area (Å²) in [5.41, 5.74) is 8.08. The number of nitrogens with two attached hydrogens (primary N) is 1. The van der Waals surface area contributed by atoms with Crippen LogP contribution >= 0.6 is 33.9 Å². The van der Waals surface area contributed by atoms with E-state index >= 15 is 0 Å². The Morgan fingerprint density at radius 1 is 1.35 bits per heavy atom. The van der Waals surface area contributed by atoms with Gasteiger partial charge in [0, 0.05) is 17.6 Å². The second kappa shape index (κ2) is 5.50. The van der Waals surface area contributed by atoms with Crippen molar-refractivity contribution in [3.63, 3.8) is 0 Å². The van der Waals surface area contributed by atoms with E-state index in [4.69, 9.17) is 5.73 Å². The Morgan fingerprint density at radius 2 is 2.06 bits per heavy atom. The summed E-state index contributed by atoms with van der Waals surface area (Å²) in [6.45, 7) is 0.519. The minimum Gasteiger partial charge on any atom is -0.399 e. The molecule has 3 N–H and O–H groups in total. The van der Waals surface area contributed by atoms with Gasteiger partial charge in [-0.25, -0.2) is 0 Å². The summed E-state index contributed by atoms with van der Waals surface area (Å²) in [7, 11) is 0. The average molecular weight is 358 g/mol. The first-order chi connectivity index (χ1) is 8.15. The molecule has 0 aliphatic heterocycles. The minimum atomic E-state index is -0.0407. The number of nitrogens with one attached hydrogen (secondary N) is 1. The van der Waals surface area contributed by atoms with E-state index in [-0.39, 0.29) is 5.91 Å². The highest BCUT2D eigenvalue weighted by Gasteiger charge is 2.07. The fourth-order valence-electron chi connectivity index (χ4n) is 1.35. The predicted molar refractivity (Wildman–Crippen MR) is 79.1 cm³/mol. The van der Waals surface area contributed by atoms with Gasteiger partial charge in [-0.05, 0) is 46.4 Å². The number of halogens is 1. The van der Waals surface area contributed by atoms with E-state index in [9.17, 15) is 4.79 Å². The lowest BCUT2D eigenvalue weighted by molar-refractivity contribution is 0.0951. The molecule has 5 heteroatoms. The van der Waals surface area contributed by atoms with Crippen molar-refractivity contribution in [2.45, 2.75) is 6.54 Å². The molecule has 0 fully saturated rings. The van der Waals surface area contributed by atoms with Gasteiger partial charge in [-0.1, -0.05) is 12.1 Å². The zero-order valence-electron chi connectivity index (χ0n) is 8.94.